The number of ether oxygens (including phenoxy) is 1. The average Bonchev–Trinajstić information content (AvgIpc) is 3.32. The van der Waals surface area contributed by atoms with Crippen LogP contribution in [0.5, 0.6) is 5.75 Å². The maximum absolute atomic E-state index is 12.3. The minimum absolute atomic E-state index is 0.113. The summed E-state index contributed by atoms with van der Waals surface area (Å²) in [6.45, 7) is 2.25. The van der Waals surface area contributed by atoms with Crippen LogP contribution in [0.15, 0.2) is 57.4 Å². The van der Waals surface area contributed by atoms with E-state index in [1.54, 1.807) is 7.11 Å². The number of hydrogen-bond donors (Lipinski definition) is 1. The van der Waals surface area contributed by atoms with Crippen LogP contribution in [0.2, 0.25) is 0 Å². The summed E-state index contributed by atoms with van der Waals surface area (Å²) in [4.78, 5) is 12.3. The van der Waals surface area contributed by atoms with Gasteiger partial charge < -0.3 is 18.9 Å². The standard InChI is InChI=1S/C20H17N3O4/c1-12-15-5-3-4-6-16(15)26-17(12)19-22-23-20(27-19)18(24)21-11-13-7-9-14(25-2)10-8-13/h3-10H,11H2,1-2H3,(H,21,24). The normalized spacial score (nSPS) is 10.9. The molecule has 4 aromatic rings. The maximum Gasteiger partial charge on any atom is 0.309 e. The van der Waals surface area contributed by atoms with E-state index in [-0.39, 0.29) is 11.8 Å². The van der Waals surface area contributed by atoms with E-state index in [4.69, 9.17) is 13.6 Å². The molecule has 1 N–H and O–H groups in total. The van der Waals surface area contributed by atoms with Crippen molar-refractivity contribution >= 4 is 16.9 Å². The number of carbonyl (C=O) groups excluding carboxylic acids is 1. The molecule has 0 radical (unpaired) electrons. The fourth-order valence-corrected chi connectivity index (χ4v) is 2.79. The Bertz CT molecular complexity index is 1100. The van der Waals surface area contributed by atoms with E-state index in [1.807, 2.05) is 55.5 Å². The maximum atomic E-state index is 12.3. The van der Waals surface area contributed by atoms with Crippen LogP contribution < -0.4 is 10.1 Å². The molecule has 0 aliphatic rings. The third-order valence-electron chi connectivity index (χ3n) is 4.27. The summed E-state index contributed by atoms with van der Waals surface area (Å²) in [5, 5.41) is 11.5. The van der Waals surface area contributed by atoms with Crippen LogP contribution in [0.1, 0.15) is 21.8 Å². The van der Waals surface area contributed by atoms with Crippen LogP contribution in [-0.4, -0.2) is 23.2 Å². The van der Waals surface area contributed by atoms with Crippen LogP contribution >= 0.6 is 0 Å². The first kappa shape index (κ1) is 16.8. The number of carbonyl (C=O) groups is 1. The van der Waals surface area contributed by atoms with Gasteiger partial charge in [0.15, 0.2) is 5.76 Å². The first-order valence-corrected chi connectivity index (χ1v) is 8.39. The highest BCUT2D eigenvalue weighted by atomic mass is 16.5. The van der Waals surface area contributed by atoms with Crippen molar-refractivity contribution in [3.63, 3.8) is 0 Å². The highest BCUT2D eigenvalue weighted by molar-refractivity contribution is 5.90. The number of para-hydroxylation sites is 1. The first-order chi connectivity index (χ1) is 13.2. The van der Waals surface area contributed by atoms with Gasteiger partial charge in [-0.1, -0.05) is 30.3 Å². The zero-order valence-corrected chi connectivity index (χ0v) is 14.9. The molecule has 2 heterocycles. The van der Waals surface area contributed by atoms with Gasteiger partial charge in [-0.15, -0.1) is 10.2 Å². The number of nitrogens with zero attached hydrogens (tertiary/aromatic N) is 2. The zero-order chi connectivity index (χ0) is 18.8. The van der Waals surface area contributed by atoms with Crippen LogP contribution in [0.4, 0.5) is 0 Å². The Balaban J connectivity index is 1.49. The van der Waals surface area contributed by atoms with Gasteiger partial charge in [-0.25, -0.2) is 0 Å². The van der Waals surface area contributed by atoms with Crippen molar-refractivity contribution in [2.24, 2.45) is 0 Å². The van der Waals surface area contributed by atoms with E-state index >= 15 is 0 Å². The quantitative estimate of drug-likeness (QED) is 0.581. The Morgan fingerprint density at radius 1 is 1.07 bits per heavy atom. The van der Waals surface area contributed by atoms with Crippen molar-refractivity contribution in [1.82, 2.24) is 15.5 Å². The molecule has 0 fully saturated rings. The van der Waals surface area contributed by atoms with Crippen molar-refractivity contribution in [3.05, 3.63) is 65.5 Å². The summed E-state index contributed by atoms with van der Waals surface area (Å²) in [5.41, 5.74) is 2.55. The van der Waals surface area contributed by atoms with Gasteiger partial charge in [0.25, 0.3) is 5.89 Å². The first-order valence-electron chi connectivity index (χ1n) is 8.39. The Labute approximate surface area is 155 Å². The van der Waals surface area contributed by atoms with Gasteiger partial charge in [-0.2, -0.15) is 0 Å². The van der Waals surface area contributed by atoms with Crippen LogP contribution in [0.3, 0.4) is 0 Å². The highest BCUT2D eigenvalue weighted by Crippen LogP contribution is 2.31. The minimum Gasteiger partial charge on any atom is -0.497 e. The van der Waals surface area contributed by atoms with Gasteiger partial charge in [0, 0.05) is 17.5 Å². The monoisotopic (exact) mass is 363 g/mol. The molecular formula is C20H17N3O4. The van der Waals surface area contributed by atoms with Crippen molar-refractivity contribution in [1.29, 1.82) is 0 Å². The molecule has 27 heavy (non-hydrogen) atoms. The zero-order valence-electron chi connectivity index (χ0n) is 14.9. The van der Waals surface area contributed by atoms with Crippen molar-refractivity contribution < 1.29 is 18.4 Å². The predicted molar refractivity (Wildman–Crippen MR) is 98.4 cm³/mol. The lowest BCUT2D eigenvalue weighted by Gasteiger charge is -2.04. The smallest absolute Gasteiger partial charge is 0.309 e. The van der Waals surface area contributed by atoms with Gasteiger partial charge in [-0.3, -0.25) is 4.79 Å². The number of methoxy groups -OCH3 is 1. The number of benzene rings is 2. The lowest BCUT2D eigenvalue weighted by atomic mass is 10.1. The third kappa shape index (κ3) is 3.27. The SMILES string of the molecule is COc1ccc(CNC(=O)c2nnc(-c3oc4ccccc4c3C)o2)cc1. The number of aromatic nitrogens is 2. The van der Waals surface area contributed by atoms with Gasteiger partial charge in [0.05, 0.1) is 7.11 Å². The van der Waals surface area contributed by atoms with Crippen molar-refractivity contribution in [3.8, 4) is 17.4 Å². The molecule has 0 saturated heterocycles. The summed E-state index contributed by atoms with van der Waals surface area (Å²) >= 11 is 0. The van der Waals surface area contributed by atoms with Gasteiger partial charge in [0.1, 0.15) is 11.3 Å². The lowest BCUT2D eigenvalue weighted by molar-refractivity contribution is 0.0916. The predicted octanol–water partition coefficient (Wildman–Crippen LogP) is 3.73. The Kier molecular flexibility index (Phi) is 4.33. The number of furan rings is 1. The molecule has 0 bridgehead atoms. The number of aryl methyl sites for hydroxylation is 1. The van der Waals surface area contributed by atoms with Gasteiger partial charge in [0.2, 0.25) is 0 Å². The molecule has 0 spiro atoms. The molecule has 2 aromatic heterocycles. The molecule has 1 amide bonds. The summed E-state index contributed by atoms with van der Waals surface area (Å²) in [6.07, 6.45) is 0. The molecule has 2 aromatic carbocycles. The van der Waals surface area contributed by atoms with E-state index < -0.39 is 5.91 Å². The molecule has 0 unspecified atom stereocenters. The van der Waals surface area contributed by atoms with Crippen LogP contribution in [0.25, 0.3) is 22.6 Å². The molecule has 136 valence electrons. The molecule has 0 atom stereocenters. The number of fused-ring (bicyclic) bond motifs is 1. The van der Waals surface area contributed by atoms with E-state index in [0.29, 0.717) is 12.3 Å². The minimum atomic E-state index is -0.446. The molecule has 0 aliphatic carbocycles. The second-order valence-electron chi connectivity index (χ2n) is 6.00. The van der Waals surface area contributed by atoms with E-state index in [9.17, 15) is 4.79 Å². The fourth-order valence-electron chi connectivity index (χ4n) is 2.79. The molecule has 7 heteroatoms. The molecule has 0 aliphatic heterocycles. The Hall–Kier alpha value is -3.61. The molecular weight excluding hydrogens is 346 g/mol. The van der Waals surface area contributed by atoms with Crippen LogP contribution in [-0.2, 0) is 6.54 Å². The van der Waals surface area contributed by atoms with Crippen LogP contribution in [0, 0.1) is 6.92 Å². The summed E-state index contributed by atoms with van der Waals surface area (Å²) in [6, 6.07) is 15.0. The number of hydrogen-bond acceptors (Lipinski definition) is 6. The third-order valence-corrected chi connectivity index (χ3v) is 4.27. The summed E-state index contributed by atoms with van der Waals surface area (Å²) in [7, 11) is 1.60. The highest BCUT2D eigenvalue weighted by Gasteiger charge is 2.21. The summed E-state index contributed by atoms with van der Waals surface area (Å²) < 4.78 is 16.4. The lowest BCUT2D eigenvalue weighted by Crippen LogP contribution is -2.23. The van der Waals surface area contributed by atoms with Crippen molar-refractivity contribution in [2.45, 2.75) is 13.5 Å². The summed E-state index contributed by atoms with van der Waals surface area (Å²) in [5.74, 6) is 0.848. The molecule has 7 nitrogen and oxygen atoms in total. The second-order valence-corrected chi connectivity index (χ2v) is 6.00. The van der Waals surface area contributed by atoms with Crippen molar-refractivity contribution in [2.75, 3.05) is 7.11 Å². The number of nitrogens with one attached hydrogen (secondary N) is 1. The topological polar surface area (TPSA) is 90.4 Å². The second kappa shape index (κ2) is 6.95. The van der Waals surface area contributed by atoms with E-state index in [0.717, 1.165) is 27.8 Å². The average molecular weight is 363 g/mol. The van der Waals surface area contributed by atoms with Gasteiger partial charge >= 0.3 is 11.8 Å². The van der Waals surface area contributed by atoms with Gasteiger partial charge in [-0.05, 0) is 30.7 Å². The Morgan fingerprint density at radius 3 is 2.59 bits per heavy atom. The number of amides is 1. The number of rotatable bonds is 5. The fraction of sp³-hybridized carbons (Fsp3) is 0.150. The molecule has 0 saturated carbocycles. The largest absolute Gasteiger partial charge is 0.497 e. The molecule has 4 rings (SSSR count). The van der Waals surface area contributed by atoms with E-state index in [1.165, 1.54) is 0 Å². The Morgan fingerprint density at radius 2 is 1.85 bits per heavy atom. The van der Waals surface area contributed by atoms with E-state index in [2.05, 4.69) is 15.5 Å².